The number of amides is 1. The van der Waals surface area contributed by atoms with Crippen molar-refractivity contribution in [1.29, 1.82) is 0 Å². The number of hydrogen-bond donors (Lipinski definition) is 2. The standard InChI is InChI=1S/C10H11N5O3S/c1-6-11-3-8(19-6)10(18)12-2-7-4-15(14-13-7)5-9(16)17/h3-4H,2,5H2,1H3,(H,12,18)(H,16,17). The molecule has 0 aliphatic heterocycles. The number of aryl methyl sites for hydroxylation is 1. The number of aliphatic carboxylic acids is 1. The zero-order valence-corrected chi connectivity index (χ0v) is 10.8. The summed E-state index contributed by atoms with van der Waals surface area (Å²) in [6.45, 7) is 1.75. The fourth-order valence-electron chi connectivity index (χ4n) is 1.36. The average Bonchev–Trinajstić information content (AvgIpc) is 2.94. The molecule has 19 heavy (non-hydrogen) atoms. The molecule has 0 aliphatic rings. The van der Waals surface area contributed by atoms with Crippen molar-refractivity contribution in [3.8, 4) is 0 Å². The Kier molecular flexibility index (Phi) is 3.85. The van der Waals surface area contributed by atoms with Crippen molar-refractivity contribution in [3.63, 3.8) is 0 Å². The van der Waals surface area contributed by atoms with E-state index in [1.807, 2.05) is 6.92 Å². The van der Waals surface area contributed by atoms with Gasteiger partial charge in [0.2, 0.25) is 0 Å². The molecule has 0 atom stereocenters. The average molecular weight is 281 g/mol. The molecule has 0 spiro atoms. The molecule has 2 aromatic heterocycles. The second-order valence-electron chi connectivity index (χ2n) is 3.73. The van der Waals surface area contributed by atoms with E-state index >= 15 is 0 Å². The normalized spacial score (nSPS) is 10.4. The maximum atomic E-state index is 11.7. The second kappa shape index (κ2) is 5.57. The third-order valence-corrected chi connectivity index (χ3v) is 3.07. The van der Waals surface area contributed by atoms with Crippen LogP contribution in [0, 0.1) is 6.92 Å². The Labute approximate surface area is 112 Å². The van der Waals surface area contributed by atoms with E-state index in [4.69, 9.17) is 5.11 Å². The number of carboxylic acids is 1. The van der Waals surface area contributed by atoms with E-state index in [1.54, 1.807) is 0 Å². The molecule has 2 aromatic rings. The zero-order chi connectivity index (χ0) is 13.8. The molecule has 9 heteroatoms. The molecule has 2 N–H and O–H groups in total. The smallest absolute Gasteiger partial charge is 0.325 e. The molecule has 0 aromatic carbocycles. The number of nitrogens with one attached hydrogen (secondary N) is 1. The fourth-order valence-corrected chi connectivity index (χ4v) is 2.05. The van der Waals surface area contributed by atoms with E-state index in [0.29, 0.717) is 10.6 Å². The summed E-state index contributed by atoms with van der Waals surface area (Å²) in [6, 6.07) is 0. The molecule has 2 heterocycles. The summed E-state index contributed by atoms with van der Waals surface area (Å²) < 4.78 is 1.20. The van der Waals surface area contributed by atoms with Crippen LogP contribution in [0.5, 0.6) is 0 Å². The van der Waals surface area contributed by atoms with Gasteiger partial charge in [0.25, 0.3) is 5.91 Å². The number of thiazole rings is 1. The number of carbonyl (C=O) groups excluding carboxylic acids is 1. The molecule has 0 saturated carbocycles. The van der Waals surface area contributed by atoms with E-state index < -0.39 is 5.97 Å². The molecule has 0 fully saturated rings. The molecule has 0 saturated heterocycles. The fraction of sp³-hybridized carbons (Fsp3) is 0.300. The lowest BCUT2D eigenvalue weighted by Gasteiger charge is -1.99. The zero-order valence-electron chi connectivity index (χ0n) is 10.0. The highest BCUT2D eigenvalue weighted by atomic mass is 32.1. The molecule has 1 amide bonds. The van der Waals surface area contributed by atoms with E-state index in [-0.39, 0.29) is 19.0 Å². The van der Waals surface area contributed by atoms with E-state index in [2.05, 4.69) is 20.6 Å². The van der Waals surface area contributed by atoms with Crippen LogP contribution < -0.4 is 5.32 Å². The molecule has 0 bridgehead atoms. The minimum absolute atomic E-state index is 0.190. The number of carbonyl (C=O) groups is 2. The summed E-state index contributed by atoms with van der Waals surface area (Å²) >= 11 is 1.30. The van der Waals surface area contributed by atoms with Crippen molar-refractivity contribution in [3.05, 3.63) is 28.0 Å². The van der Waals surface area contributed by atoms with Gasteiger partial charge in [-0.15, -0.1) is 16.4 Å². The SMILES string of the molecule is Cc1ncc(C(=O)NCc2cn(CC(=O)O)nn2)s1. The van der Waals surface area contributed by atoms with Gasteiger partial charge in [0, 0.05) is 0 Å². The van der Waals surface area contributed by atoms with Crippen LogP contribution in [0.3, 0.4) is 0 Å². The summed E-state index contributed by atoms with van der Waals surface area (Å²) in [5.41, 5.74) is 0.496. The van der Waals surface area contributed by atoms with Crippen molar-refractivity contribution >= 4 is 23.2 Å². The number of nitrogens with zero attached hydrogens (tertiary/aromatic N) is 4. The predicted molar refractivity (Wildman–Crippen MR) is 65.7 cm³/mol. The monoisotopic (exact) mass is 281 g/mol. The lowest BCUT2D eigenvalue weighted by atomic mass is 10.4. The minimum atomic E-state index is -0.999. The van der Waals surface area contributed by atoms with Gasteiger partial charge in [0.15, 0.2) is 0 Å². The molecule has 8 nitrogen and oxygen atoms in total. The third-order valence-electron chi connectivity index (χ3n) is 2.16. The van der Waals surface area contributed by atoms with Crippen LogP contribution >= 0.6 is 11.3 Å². The number of aromatic nitrogens is 4. The third kappa shape index (κ3) is 3.58. The number of rotatable bonds is 5. The van der Waals surface area contributed by atoms with Gasteiger partial charge in [-0.1, -0.05) is 5.21 Å². The van der Waals surface area contributed by atoms with Crippen LogP contribution in [-0.2, 0) is 17.9 Å². The topological polar surface area (TPSA) is 110 Å². The van der Waals surface area contributed by atoms with Gasteiger partial charge in [0.1, 0.15) is 17.1 Å². The van der Waals surface area contributed by atoms with Gasteiger partial charge in [-0.05, 0) is 6.92 Å². The lowest BCUT2D eigenvalue weighted by molar-refractivity contribution is -0.137. The molecule has 0 radical (unpaired) electrons. The molecule has 100 valence electrons. The van der Waals surface area contributed by atoms with Gasteiger partial charge < -0.3 is 10.4 Å². The van der Waals surface area contributed by atoms with Crippen molar-refractivity contribution in [1.82, 2.24) is 25.3 Å². The Balaban J connectivity index is 1.90. The van der Waals surface area contributed by atoms with Gasteiger partial charge in [-0.25, -0.2) is 9.67 Å². The Hall–Kier alpha value is -2.29. The molecular weight excluding hydrogens is 270 g/mol. The first-order chi connectivity index (χ1) is 9.04. The van der Waals surface area contributed by atoms with E-state index in [9.17, 15) is 9.59 Å². The highest BCUT2D eigenvalue weighted by Crippen LogP contribution is 2.11. The van der Waals surface area contributed by atoms with Crippen molar-refractivity contribution in [2.75, 3.05) is 0 Å². The summed E-state index contributed by atoms with van der Waals surface area (Å²) in [7, 11) is 0. The van der Waals surface area contributed by atoms with Gasteiger partial charge in [-0.2, -0.15) is 0 Å². The van der Waals surface area contributed by atoms with Crippen LogP contribution in [0.4, 0.5) is 0 Å². The maximum absolute atomic E-state index is 11.7. The number of carboxylic acid groups (broad SMARTS) is 1. The molecule has 0 aliphatic carbocycles. The Morgan fingerprint density at radius 2 is 2.32 bits per heavy atom. The van der Waals surface area contributed by atoms with Gasteiger partial charge >= 0.3 is 5.97 Å². The van der Waals surface area contributed by atoms with Gasteiger partial charge in [0.05, 0.1) is 23.9 Å². The Morgan fingerprint density at radius 1 is 1.53 bits per heavy atom. The second-order valence-corrected chi connectivity index (χ2v) is 4.96. The van der Waals surface area contributed by atoms with Crippen LogP contribution in [0.1, 0.15) is 20.4 Å². The summed E-state index contributed by atoms with van der Waals surface area (Å²) in [5.74, 6) is -1.24. The van der Waals surface area contributed by atoms with Crippen LogP contribution in [0.2, 0.25) is 0 Å². The first-order valence-corrected chi connectivity index (χ1v) is 6.17. The van der Waals surface area contributed by atoms with E-state index in [1.165, 1.54) is 28.4 Å². The number of hydrogen-bond acceptors (Lipinski definition) is 6. The summed E-state index contributed by atoms with van der Waals surface area (Å²) in [6.07, 6.45) is 2.99. The molecule has 2 rings (SSSR count). The quantitative estimate of drug-likeness (QED) is 0.801. The first kappa shape index (κ1) is 13.1. The van der Waals surface area contributed by atoms with E-state index in [0.717, 1.165) is 5.01 Å². The van der Waals surface area contributed by atoms with Crippen molar-refractivity contribution < 1.29 is 14.7 Å². The maximum Gasteiger partial charge on any atom is 0.325 e. The molecule has 0 unspecified atom stereocenters. The molecular formula is C10H11N5O3S. The van der Waals surface area contributed by atoms with Crippen molar-refractivity contribution in [2.45, 2.75) is 20.0 Å². The first-order valence-electron chi connectivity index (χ1n) is 5.36. The largest absolute Gasteiger partial charge is 0.480 e. The summed E-state index contributed by atoms with van der Waals surface area (Å²) in [5, 5.41) is 19.5. The highest BCUT2D eigenvalue weighted by Gasteiger charge is 2.10. The van der Waals surface area contributed by atoms with Crippen LogP contribution in [0.15, 0.2) is 12.4 Å². The van der Waals surface area contributed by atoms with Gasteiger partial charge in [-0.3, -0.25) is 9.59 Å². The van der Waals surface area contributed by atoms with Crippen LogP contribution in [0.25, 0.3) is 0 Å². The minimum Gasteiger partial charge on any atom is -0.480 e. The lowest BCUT2D eigenvalue weighted by Crippen LogP contribution is -2.22. The Morgan fingerprint density at radius 3 is 2.95 bits per heavy atom. The Bertz CT molecular complexity index is 606. The van der Waals surface area contributed by atoms with Crippen LogP contribution in [-0.4, -0.2) is 37.0 Å². The highest BCUT2D eigenvalue weighted by molar-refractivity contribution is 7.13. The predicted octanol–water partition coefficient (Wildman–Crippen LogP) is 0.0576. The summed E-state index contributed by atoms with van der Waals surface area (Å²) in [4.78, 5) is 26.7. The van der Waals surface area contributed by atoms with Crippen molar-refractivity contribution in [2.24, 2.45) is 0 Å².